The quantitative estimate of drug-likeness (QED) is 0.507. The molecule has 0 radical (unpaired) electrons. The average molecular weight is 487 g/mol. The number of nitrogens with two attached hydrogens (primary N) is 1. The molecule has 0 bridgehead atoms. The summed E-state index contributed by atoms with van der Waals surface area (Å²) in [5, 5.41) is 12.8. The molecule has 2 aromatic heterocycles. The van der Waals surface area contributed by atoms with Crippen LogP contribution in [0.3, 0.4) is 0 Å². The van der Waals surface area contributed by atoms with E-state index in [1.165, 1.54) is 13.3 Å². The maximum atomic E-state index is 14.5. The van der Waals surface area contributed by atoms with E-state index in [1.54, 1.807) is 12.3 Å². The van der Waals surface area contributed by atoms with Crippen LogP contribution in [-0.4, -0.2) is 53.3 Å². The Morgan fingerprint density at radius 3 is 2.54 bits per heavy atom. The largest absolute Gasteiger partial charge is 0.497 e. The van der Waals surface area contributed by atoms with Gasteiger partial charge in [0.25, 0.3) is 5.91 Å². The van der Waals surface area contributed by atoms with Crippen LogP contribution in [0.4, 0.5) is 24.5 Å². The number of carbonyl (C=O) groups excluding carboxylic acids is 1. The fourth-order valence-electron chi connectivity index (χ4n) is 4.09. The smallest absolute Gasteiger partial charge is 0.274 e. The maximum absolute atomic E-state index is 14.5. The average Bonchev–Trinajstić information content (AvgIpc) is 2.83. The van der Waals surface area contributed by atoms with Crippen molar-refractivity contribution in [1.82, 2.24) is 9.97 Å². The molecule has 0 saturated carbocycles. The number of hydrogen-bond donors (Lipinski definition) is 3. The van der Waals surface area contributed by atoms with Crippen molar-refractivity contribution in [3.63, 3.8) is 0 Å². The van der Waals surface area contributed by atoms with Gasteiger partial charge in [-0.1, -0.05) is 6.92 Å². The molecule has 0 unspecified atom stereocenters. The first-order chi connectivity index (χ1) is 16.7. The fraction of sp³-hybridized carbons (Fsp3) is 0.292. The number of nitrogens with zero attached hydrogens (tertiary/aromatic N) is 3. The Morgan fingerprint density at radius 2 is 1.89 bits per heavy atom. The Balaban J connectivity index is 1.64. The first kappa shape index (κ1) is 24.4. The Labute approximate surface area is 199 Å². The van der Waals surface area contributed by atoms with Crippen LogP contribution < -0.4 is 20.7 Å². The van der Waals surface area contributed by atoms with Crippen LogP contribution in [0.1, 0.15) is 17.4 Å². The van der Waals surface area contributed by atoms with Crippen molar-refractivity contribution in [1.29, 1.82) is 0 Å². The molecule has 1 aliphatic heterocycles. The Kier molecular flexibility index (Phi) is 6.90. The molecule has 1 amide bonds. The zero-order valence-electron chi connectivity index (χ0n) is 19.0. The summed E-state index contributed by atoms with van der Waals surface area (Å²) in [5.74, 6) is -4.09. The fourth-order valence-corrected chi connectivity index (χ4v) is 4.09. The van der Waals surface area contributed by atoms with E-state index >= 15 is 0 Å². The highest BCUT2D eigenvalue weighted by Crippen LogP contribution is 2.32. The molecule has 1 aromatic carbocycles. The summed E-state index contributed by atoms with van der Waals surface area (Å²) in [6, 6.07) is 5.03. The molecule has 35 heavy (non-hydrogen) atoms. The molecular weight excluding hydrogens is 463 g/mol. The van der Waals surface area contributed by atoms with Crippen molar-refractivity contribution in [2.75, 3.05) is 30.4 Å². The van der Waals surface area contributed by atoms with Crippen LogP contribution >= 0.6 is 0 Å². The van der Waals surface area contributed by atoms with Crippen LogP contribution in [0.5, 0.6) is 5.75 Å². The van der Waals surface area contributed by atoms with Gasteiger partial charge in [0.2, 0.25) is 0 Å². The number of hydrogen-bond acceptors (Lipinski definition) is 7. The number of pyridine rings is 2. The Morgan fingerprint density at radius 1 is 1.17 bits per heavy atom. The number of carbonyl (C=O) groups is 1. The predicted molar refractivity (Wildman–Crippen MR) is 124 cm³/mol. The summed E-state index contributed by atoms with van der Waals surface area (Å²) in [6.45, 7) is 2.72. The minimum Gasteiger partial charge on any atom is -0.497 e. The lowest BCUT2D eigenvalue weighted by Gasteiger charge is -2.40. The zero-order chi connectivity index (χ0) is 25.3. The first-order valence-corrected chi connectivity index (χ1v) is 10.8. The highest BCUT2D eigenvalue weighted by atomic mass is 19.1. The van der Waals surface area contributed by atoms with E-state index in [4.69, 9.17) is 10.5 Å². The van der Waals surface area contributed by atoms with Crippen LogP contribution in [0.2, 0.25) is 0 Å². The summed E-state index contributed by atoms with van der Waals surface area (Å²) in [4.78, 5) is 22.8. The number of benzene rings is 1. The van der Waals surface area contributed by atoms with Gasteiger partial charge in [0, 0.05) is 43.4 Å². The lowest BCUT2D eigenvalue weighted by molar-refractivity contribution is 0.0785. The maximum Gasteiger partial charge on any atom is 0.274 e. The third kappa shape index (κ3) is 4.91. The summed E-state index contributed by atoms with van der Waals surface area (Å²) in [5.41, 5.74) is 5.40. The molecule has 4 rings (SSSR count). The van der Waals surface area contributed by atoms with E-state index in [2.05, 4.69) is 15.3 Å². The molecule has 4 N–H and O–H groups in total. The van der Waals surface area contributed by atoms with Crippen molar-refractivity contribution in [2.45, 2.75) is 19.1 Å². The van der Waals surface area contributed by atoms with E-state index in [1.807, 2.05) is 11.8 Å². The summed E-state index contributed by atoms with van der Waals surface area (Å²) < 4.78 is 48.4. The number of halogens is 3. The van der Waals surface area contributed by atoms with Gasteiger partial charge in [0.05, 0.1) is 36.3 Å². The molecule has 11 heteroatoms. The van der Waals surface area contributed by atoms with Gasteiger partial charge in [-0.3, -0.25) is 9.78 Å². The molecule has 3 aromatic rings. The highest BCUT2D eigenvalue weighted by Gasteiger charge is 2.32. The minimum atomic E-state index is -1.09. The molecule has 3 atom stereocenters. The van der Waals surface area contributed by atoms with Crippen LogP contribution in [0.25, 0.3) is 11.3 Å². The number of methoxy groups -OCH3 is 1. The van der Waals surface area contributed by atoms with E-state index in [-0.39, 0.29) is 17.4 Å². The normalized spacial score (nSPS) is 20.0. The molecule has 0 spiro atoms. The number of aromatic nitrogens is 2. The standard InChI is InChI=1S/C24H24F3N5O3/c1-12-10-32(11-17(28)23(12)33)20-5-6-29-9-19(20)31-24(34)18-4-3-14(25)22(30-18)21-15(26)7-13(35-2)8-16(21)27/h3-9,12,17,23,33H,10-11,28H2,1-2H3,(H,31,34)/t12-,17+,23+/m0/s1. The van der Waals surface area contributed by atoms with Gasteiger partial charge in [-0.2, -0.15) is 0 Å². The van der Waals surface area contributed by atoms with Gasteiger partial charge in [-0.05, 0) is 18.2 Å². The van der Waals surface area contributed by atoms with Gasteiger partial charge in [-0.25, -0.2) is 18.2 Å². The Bertz CT molecular complexity index is 1220. The molecule has 8 nitrogen and oxygen atoms in total. The summed E-state index contributed by atoms with van der Waals surface area (Å²) in [6.07, 6.45) is 2.34. The van der Waals surface area contributed by atoms with Crippen molar-refractivity contribution in [3.8, 4) is 17.0 Å². The third-order valence-electron chi connectivity index (χ3n) is 5.91. The number of nitrogens with one attached hydrogen (secondary N) is 1. The number of anilines is 2. The topological polar surface area (TPSA) is 114 Å². The minimum absolute atomic E-state index is 0.0820. The number of piperidine rings is 1. The third-order valence-corrected chi connectivity index (χ3v) is 5.91. The predicted octanol–water partition coefficient (Wildman–Crippen LogP) is 2.97. The second kappa shape index (κ2) is 9.88. The van der Waals surface area contributed by atoms with Crippen molar-refractivity contribution >= 4 is 17.3 Å². The molecule has 1 fully saturated rings. The molecular formula is C24H24F3N5O3. The van der Waals surface area contributed by atoms with E-state index in [9.17, 15) is 23.1 Å². The molecule has 1 saturated heterocycles. The van der Waals surface area contributed by atoms with Gasteiger partial charge in [0.1, 0.15) is 34.6 Å². The second-order valence-corrected chi connectivity index (χ2v) is 8.38. The zero-order valence-corrected chi connectivity index (χ0v) is 19.0. The van der Waals surface area contributed by atoms with Crippen LogP contribution in [-0.2, 0) is 0 Å². The SMILES string of the molecule is COc1cc(F)c(-c2nc(C(=O)Nc3cnccc3N3C[C@@H](N)[C@H](O)[C@@H](C)C3)ccc2F)c(F)c1. The summed E-state index contributed by atoms with van der Waals surface area (Å²) >= 11 is 0. The van der Waals surface area contributed by atoms with Crippen LogP contribution in [0.15, 0.2) is 42.7 Å². The number of rotatable bonds is 5. The van der Waals surface area contributed by atoms with Crippen LogP contribution in [0, 0.1) is 23.4 Å². The highest BCUT2D eigenvalue weighted by molar-refractivity contribution is 6.04. The number of aliphatic hydroxyl groups is 1. The van der Waals surface area contributed by atoms with Gasteiger partial charge in [-0.15, -0.1) is 0 Å². The van der Waals surface area contributed by atoms with E-state index < -0.39 is 46.8 Å². The van der Waals surface area contributed by atoms with E-state index in [0.717, 1.165) is 24.3 Å². The molecule has 184 valence electrons. The molecule has 1 aliphatic rings. The van der Waals surface area contributed by atoms with Crippen molar-refractivity contribution < 1.29 is 27.8 Å². The van der Waals surface area contributed by atoms with E-state index in [0.29, 0.717) is 24.5 Å². The molecule has 0 aliphatic carbocycles. The lowest BCUT2D eigenvalue weighted by atomic mass is 9.92. The first-order valence-electron chi connectivity index (χ1n) is 10.8. The van der Waals surface area contributed by atoms with Crippen molar-refractivity contribution in [3.05, 3.63) is 65.9 Å². The Hall–Kier alpha value is -3.70. The van der Waals surface area contributed by atoms with Gasteiger partial charge < -0.3 is 25.8 Å². The monoisotopic (exact) mass is 487 g/mol. The second-order valence-electron chi connectivity index (χ2n) is 8.38. The number of amides is 1. The van der Waals surface area contributed by atoms with Crippen molar-refractivity contribution in [2.24, 2.45) is 11.7 Å². The molecule has 3 heterocycles. The number of aliphatic hydroxyl groups excluding tert-OH is 1. The number of ether oxygens (including phenoxy) is 1. The summed E-state index contributed by atoms with van der Waals surface area (Å²) in [7, 11) is 1.24. The lowest BCUT2D eigenvalue weighted by Crippen LogP contribution is -2.55. The van der Waals surface area contributed by atoms with Gasteiger partial charge in [0.15, 0.2) is 0 Å². The van der Waals surface area contributed by atoms with Gasteiger partial charge >= 0.3 is 0 Å².